The van der Waals surface area contributed by atoms with Crippen LogP contribution in [-0.2, 0) is 11.2 Å². The summed E-state index contributed by atoms with van der Waals surface area (Å²) in [4.78, 5) is 37.1. The van der Waals surface area contributed by atoms with Crippen molar-refractivity contribution in [3.63, 3.8) is 0 Å². The molecule has 2 N–H and O–H groups in total. The van der Waals surface area contributed by atoms with Crippen LogP contribution in [0.3, 0.4) is 0 Å². The number of rotatable bonds is 7. The Morgan fingerprint density at radius 3 is 2.43 bits per heavy atom. The lowest BCUT2D eigenvalue weighted by molar-refractivity contribution is -0.122. The molecule has 1 saturated heterocycles. The lowest BCUT2D eigenvalue weighted by Crippen LogP contribution is -2.39. The number of nitrogens with zero attached hydrogens (tertiary/aromatic N) is 6. The van der Waals surface area contributed by atoms with Gasteiger partial charge in [-0.1, -0.05) is 18.2 Å². The Balaban J connectivity index is 1.24. The normalized spacial score (nSPS) is 13.8. The number of amides is 1. The highest BCUT2D eigenvalue weighted by molar-refractivity contribution is 5.94. The van der Waals surface area contributed by atoms with Gasteiger partial charge < -0.3 is 15.5 Å². The van der Waals surface area contributed by atoms with Gasteiger partial charge in [-0.15, -0.1) is 0 Å². The summed E-state index contributed by atoms with van der Waals surface area (Å²) in [6.45, 7) is 3.74. The molecule has 1 aliphatic rings. The molecule has 5 rings (SSSR count). The molecule has 1 aromatic carbocycles. The molecule has 1 aliphatic heterocycles. The number of pyridine rings is 1. The maximum Gasteiger partial charge on any atom is 0.229 e. The van der Waals surface area contributed by atoms with Crippen LogP contribution in [-0.4, -0.2) is 51.0 Å². The Morgan fingerprint density at radius 1 is 0.946 bits per heavy atom. The Hall–Kier alpha value is -4.24. The first kappa shape index (κ1) is 24.5. The number of nitrogens with one attached hydrogen (secondary N) is 2. The molecule has 0 unspecified atom stereocenters. The largest absolute Gasteiger partial charge is 0.325 e. The number of piperidine rings is 1. The first-order valence-corrected chi connectivity index (χ1v) is 12.5. The van der Waals surface area contributed by atoms with Crippen LogP contribution in [0.5, 0.6) is 0 Å². The van der Waals surface area contributed by atoms with Crippen LogP contribution in [0.15, 0.2) is 67.0 Å². The maximum absolute atomic E-state index is 12.8. The quantitative estimate of drug-likeness (QED) is 0.398. The van der Waals surface area contributed by atoms with Crippen LogP contribution in [0.25, 0.3) is 11.5 Å². The number of benzene rings is 1. The molecule has 0 bridgehead atoms. The third-order valence-corrected chi connectivity index (χ3v) is 6.44. The summed E-state index contributed by atoms with van der Waals surface area (Å²) in [6, 6.07) is 17.4. The minimum Gasteiger partial charge on any atom is -0.325 e. The van der Waals surface area contributed by atoms with E-state index in [9.17, 15) is 4.79 Å². The van der Waals surface area contributed by atoms with Crippen molar-refractivity contribution in [1.29, 1.82) is 0 Å². The SMILES string of the molecule is Cc1cccc(-c2nccc(Nc3ccnc(Cc4ccc(N(C)C(=O)C5CCNCC5)cc4)n3)n2)n1. The highest BCUT2D eigenvalue weighted by Gasteiger charge is 2.24. The fourth-order valence-corrected chi connectivity index (χ4v) is 4.39. The number of carbonyl (C=O) groups is 1. The molecule has 1 amide bonds. The van der Waals surface area contributed by atoms with Crippen molar-refractivity contribution in [2.45, 2.75) is 26.2 Å². The van der Waals surface area contributed by atoms with Gasteiger partial charge in [0.05, 0.1) is 0 Å². The molecule has 3 aromatic heterocycles. The molecule has 0 atom stereocenters. The van der Waals surface area contributed by atoms with Gasteiger partial charge in [0.15, 0.2) is 5.82 Å². The predicted molar refractivity (Wildman–Crippen MR) is 144 cm³/mol. The fourth-order valence-electron chi connectivity index (χ4n) is 4.39. The van der Waals surface area contributed by atoms with Crippen LogP contribution in [0, 0.1) is 12.8 Å². The molecular formula is C28H30N8O. The molecule has 0 aliphatic carbocycles. The zero-order valence-corrected chi connectivity index (χ0v) is 21.1. The van der Waals surface area contributed by atoms with Crippen molar-refractivity contribution in [3.05, 3.63) is 84.1 Å². The Morgan fingerprint density at radius 2 is 1.68 bits per heavy atom. The molecule has 0 spiro atoms. The summed E-state index contributed by atoms with van der Waals surface area (Å²) in [5, 5.41) is 6.56. The summed E-state index contributed by atoms with van der Waals surface area (Å²) in [7, 11) is 1.85. The molecule has 37 heavy (non-hydrogen) atoms. The van der Waals surface area contributed by atoms with Crippen LogP contribution in [0.4, 0.5) is 17.3 Å². The van der Waals surface area contributed by atoms with Gasteiger partial charge in [0.1, 0.15) is 23.2 Å². The van der Waals surface area contributed by atoms with E-state index >= 15 is 0 Å². The van der Waals surface area contributed by atoms with Gasteiger partial charge in [-0.25, -0.2) is 24.9 Å². The van der Waals surface area contributed by atoms with E-state index in [0.717, 1.165) is 48.6 Å². The Labute approximate surface area is 216 Å². The van der Waals surface area contributed by atoms with Crippen LogP contribution in [0.1, 0.15) is 29.9 Å². The predicted octanol–water partition coefficient (Wildman–Crippen LogP) is 3.93. The van der Waals surface area contributed by atoms with E-state index in [0.29, 0.717) is 29.7 Å². The average molecular weight is 495 g/mol. The fraction of sp³-hybridized carbons (Fsp3) is 0.286. The molecule has 9 heteroatoms. The molecule has 4 heterocycles. The van der Waals surface area contributed by atoms with Gasteiger partial charge in [-0.2, -0.15) is 0 Å². The highest BCUT2D eigenvalue weighted by atomic mass is 16.2. The summed E-state index contributed by atoms with van der Waals surface area (Å²) in [6.07, 6.45) is 5.79. The Bertz CT molecular complexity index is 1370. The van der Waals surface area contributed by atoms with Gasteiger partial charge in [-0.3, -0.25) is 4.79 Å². The van der Waals surface area contributed by atoms with E-state index in [1.807, 2.05) is 56.4 Å². The zero-order chi connectivity index (χ0) is 25.6. The second kappa shape index (κ2) is 11.2. The third kappa shape index (κ3) is 6.13. The number of carbonyl (C=O) groups excluding carboxylic acids is 1. The van der Waals surface area contributed by atoms with Crippen molar-refractivity contribution in [2.75, 3.05) is 30.4 Å². The molecule has 4 aromatic rings. The summed E-state index contributed by atoms with van der Waals surface area (Å²) in [5.74, 6) is 2.79. The maximum atomic E-state index is 12.8. The number of aromatic nitrogens is 5. The van der Waals surface area contributed by atoms with E-state index in [1.54, 1.807) is 29.4 Å². The molecule has 1 fully saturated rings. The Kier molecular flexibility index (Phi) is 7.41. The lowest BCUT2D eigenvalue weighted by Gasteiger charge is -2.27. The molecule has 0 saturated carbocycles. The van der Waals surface area contributed by atoms with E-state index < -0.39 is 0 Å². The van der Waals surface area contributed by atoms with Crippen molar-refractivity contribution in [3.8, 4) is 11.5 Å². The second-order valence-corrected chi connectivity index (χ2v) is 9.18. The monoisotopic (exact) mass is 494 g/mol. The first-order valence-electron chi connectivity index (χ1n) is 12.5. The molecule has 0 radical (unpaired) electrons. The smallest absolute Gasteiger partial charge is 0.229 e. The summed E-state index contributed by atoms with van der Waals surface area (Å²) in [5.41, 5.74) is 3.59. The van der Waals surface area contributed by atoms with Gasteiger partial charge >= 0.3 is 0 Å². The zero-order valence-electron chi connectivity index (χ0n) is 21.1. The van der Waals surface area contributed by atoms with Gasteiger partial charge in [0.25, 0.3) is 0 Å². The van der Waals surface area contributed by atoms with Gasteiger partial charge in [0.2, 0.25) is 5.91 Å². The van der Waals surface area contributed by atoms with E-state index in [1.165, 1.54) is 0 Å². The number of anilines is 3. The van der Waals surface area contributed by atoms with E-state index in [2.05, 4.69) is 35.6 Å². The van der Waals surface area contributed by atoms with Crippen LogP contribution in [0.2, 0.25) is 0 Å². The number of hydrogen-bond donors (Lipinski definition) is 2. The summed E-state index contributed by atoms with van der Waals surface area (Å²) >= 11 is 0. The summed E-state index contributed by atoms with van der Waals surface area (Å²) < 4.78 is 0. The van der Waals surface area contributed by atoms with Gasteiger partial charge in [-0.05, 0) is 74.8 Å². The lowest BCUT2D eigenvalue weighted by atomic mass is 9.96. The van der Waals surface area contributed by atoms with Gasteiger partial charge in [0, 0.05) is 43.2 Å². The third-order valence-electron chi connectivity index (χ3n) is 6.44. The molecule has 188 valence electrons. The van der Waals surface area contributed by atoms with Crippen molar-refractivity contribution in [2.24, 2.45) is 5.92 Å². The second-order valence-electron chi connectivity index (χ2n) is 9.18. The van der Waals surface area contributed by atoms with Crippen molar-refractivity contribution >= 4 is 23.2 Å². The van der Waals surface area contributed by atoms with Crippen molar-refractivity contribution in [1.82, 2.24) is 30.2 Å². The minimum absolute atomic E-state index is 0.0913. The number of hydrogen-bond acceptors (Lipinski definition) is 8. The first-order chi connectivity index (χ1) is 18.0. The molecular weight excluding hydrogens is 464 g/mol. The van der Waals surface area contributed by atoms with Crippen molar-refractivity contribution < 1.29 is 4.79 Å². The topological polar surface area (TPSA) is 109 Å². The highest BCUT2D eigenvalue weighted by Crippen LogP contribution is 2.22. The van der Waals surface area contributed by atoms with Crippen LogP contribution >= 0.6 is 0 Å². The van der Waals surface area contributed by atoms with E-state index in [-0.39, 0.29) is 11.8 Å². The standard InChI is InChI=1S/C28H30N8O/c1-19-4-3-5-23(32-19)27-31-17-13-25(35-27)33-24-12-16-30-26(34-24)18-20-6-8-22(9-7-20)36(2)28(37)21-10-14-29-15-11-21/h3-9,12-13,16-17,21,29H,10-11,14-15,18H2,1-2H3,(H,30,31,33,34,35). The average Bonchev–Trinajstić information content (AvgIpc) is 2.93. The minimum atomic E-state index is 0.0913. The number of aryl methyl sites for hydroxylation is 1. The van der Waals surface area contributed by atoms with E-state index in [4.69, 9.17) is 0 Å². The van der Waals surface area contributed by atoms with Crippen LogP contribution < -0.4 is 15.5 Å². The molecule has 9 nitrogen and oxygen atoms in total.